The molecule has 1 aliphatic heterocycles. The molecule has 2 aromatic rings. The maximum Gasteiger partial charge on any atom is 0.410 e. The van der Waals surface area contributed by atoms with Crippen LogP contribution < -0.4 is 0 Å². The van der Waals surface area contributed by atoms with Crippen molar-refractivity contribution in [1.29, 1.82) is 0 Å². The summed E-state index contributed by atoms with van der Waals surface area (Å²) in [6.07, 6.45) is 3.15. The number of amides is 1. The van der Waals surface area contributed by atoms with Crippen molar-refractivity contribution in [2.24, 2.45) is 0 Å². The number of rotatable bonds is 6. The molecule has 0 bridgehead atoms. The highest BCUT2D eigenvalue weighted by molar-refractivity contribution is 6.42. The van der Waals surface area contributed by atoms with Gasteiger partial charge in [-0.2, -0.15) is 0 Å². The quantitative estimate of drug-likeness (QED) is 0.405. The van der Waals surface area contributed by atoms with Crippen molar-refractivity contribution in [3.63, 3.8) is 0 Å². The topological polar surface area (TPSA) is 49.9 Å². The number of fused-ring (bicyclic) bond motifs is 2. The van der Waals surface area contributed by atoms with Gasteiger partial charge in [-0.3, -0.25) is 4.79 Å². The Balaban J connectivity index is 1.42. The molecule has 194 valence electrons. The molecule has 1 fully saturated rings. The van der Waals surface area contributed by atoms with Crippen molar-refractivity contribution >= 4 is 35.1 Å². The van der Waals surface area contributed by atoms with Gasteiger partial charge in [0.05, 0.1) is 10.0 Å². The molecule has 1 unspecified atom stereocenters. The van der Waals surface area contributed by atoms with Gasteiger partial charge in [-0.25, -0.2) is 4.79 Å². The maximum atomic E-state index is 12.6. The van der Waals surface area contributed by atoms with Crippen molar-refractivity contribution in [1.82, 2.24) is 9.80 Å². The van der Waals surface area contributed by atoms with Gasteiger partial charge in [0.25, 0.3) is 0 Å². The third-order valence-corrected chi connectivity index (χ3v) is 8.26. The van der Waals surface area contributed by atoms with Gasteiger partial charge in [0.2, 0.25) is 0 Å². The van der Waals surface area contributed by atoms with Gasteiger partial charge in [-0.05, 0) is 82.9 Å². The Morgan fingerprint density at radius 1 is 1.11 bits per heavy atom. The molecular weight excluding hydrogens is 495 g/mol. The zero-order chi connectivity index (χ0) is 26.1. The number of Topliss-reactive ketones (excluding diaryl/α,β-unsaturated/α-hetero) is 1. The number of hydrogen-bond acceptors (Lipinski definition) is 4. The number of benzene rings is 2. The van der Waals surface area contributed by atoms with E-state index in [1.54, 1.807) is 11.9 Å². The number of hydrogen-bond donors (Lipinski definition) is 0. The van der Waals surface area contributed by atoms with Crippen LogP contribution in [0, 0.1) is 0 Å². The number of carbonyl (C=O) groups excluding carboxylic acids is 2. The highest BCUT2D eigenvalue weighted by Crippen LogP contribution is 2.46. The van der Waals surface area contributed by atoms with Crippen molar-refractivity contribution in [2.45, 2.75) is 63.4 Å². The van der Waals surface area contributed by atoms with Gasteiger partial charge in [-0.15, -0.1) is 0 Å². The number of likely N-dealkylation sites (N-methyl/N-ethyl adjacent to an activating group) is 1. The lowest BCUT2D eigenvalue weighted by Gasteiger charge is -2.40. The monoisotopic (exact) mass is 530 g/mol. The molecule has 5 nitrogen and oxygen atoms in total. The van der Waals surface area contributed by atoms with Crippen molar-refractivity contribution in [3.05, 3.63) is 69.2 Å². The Morgan fingerprint density at radius 3 is 2.47 bits per heavy atom. The minimum atomic E-state index is -0.547. The molecule has 0 aromatic heterocycles. The van der Waals surface area contributed by atoms with Gasteiger partial charge in [-0.1, -0.05) is 53.5 Å². The van der Waals surface area contributed by atoms with E-state index in [-0.39, 0.29) is 23.2 Å². The Labute approximate surface area is 224 Å². The third-order valence-electron chi connectivity index (χ3n) is 7.52. The minimum absolute atomic E-state index is 0.00971. The largest absolute Gasteiger partial charge is 0.444 e. The predicted octanol–water partition coefficient (Wildman–Crippen LogP) is 6.95. The molecule has 1 saturated heterocycles. The number of nitrogens with zero attached hydrogens (tertiary/aromatic N) is 2. The van der Waals surface area contributed by atoms with Gasteiger partial charge in [0.15, 0.2) is 5.78 Å². The van der Waals surface area contributed by atoms with Crippen LogP contribution in [0.2, 0.25) is 10.0 Å². The van der Waals surface area contributed by atoms with Gasteiger partial charge >= 0.3 is 6.09 Å². The fourth-order valence-electron chi connectivity index (χ4n) is 5.55. The summed E-state index contributed by atoms with van der Waals surface area (Å²) < 4.78 is 5.57. The molecular formula is C29H36Cl2N2O3. The van der Waals surface area contributed by atoms with Crippen molar-refractivity contribution in [3.8, 4) is 0 Å². The second-order valence-corrected chi connectivity index (χ2v) is 12.1. The number of piperidine rings is 1. The molecule has 36 heavy (non-hydrogen) atoms. The van der Waals surface area contributed by atoms with Crippen LogP contribution in [0.1, 0.15) is 73.9 Å². The van der Waals surface area contributed by atoms with E-state index in [9.17, 15) is 9.59 Å². The molecule has 2 aliphatic rings. The van der Waals surface area contributed by atoms with E-state index in [4.69, 9.17) is 27.9 Å². The van der Waals surface area contributed by atoms with E-state index in [1.807, 2.05) is 51.1 Å². The average Bonchev–Trinajstić information content (AvgIpc) is 3.10. The molecule has 1 atom stereocenters. The van der Waals surface area contributed by atoms with E-state index in [0.717, 1.165) is 50.0 Å². The first-order valence-corrected chi connectivity index (χ1v) is 13.5. The first-order chi connectivity index (χ1) is 17.0. The lowest BCUT2D eigenvalue weighted by atomic mass is 9.73. The number of halogens is 2. The summed E-state index contributed by atoms with van der Waals surface area (Å²) in [5.41, 5.74) is 2.65. The lowest BCUT2D eigenvalue weighted by Crippen LogP contribution is -2.42. The molecule has 4 rings (SSSR count). The van der Waals surface area contributed by atoms with Gasteiger partial charge in [0.1, 0.15) is 5.60 Å². The van der Waals surface area contributed by atoms with Crippen LogP contribution in [0.4, 0.5) is 4.79 Å². The van der Waals surface area contributed by atoms with E-state index in [0.29, 0.717) is 23.0 Å². The molecule has 0 N–H and O–H groups in total. The smallest absolute Gasteiger partial charge is 0.410 e. The Hall–Kier alpha value is -2.08. The van der Waals surface area contributed by atoms with Crippen LogP contribution in [-0.4, -0.2) is 60.5 Å². The summed E-state index contributed by atoms with van der Waals surface area (Å²) in [6.45, 7) is 8.94. The van der Waals surface area contributed by atoms with E-state index in [2.05, 4.69) is 17.0 Å². The zero-order valence-electron chi connectivity index (χ0n) is 21.7. The van der Waals surface area contributed by atoms with E-state index >= 15 is 0 Å². The second-order valence-electron chi connectivity index (χ2n) is 11.3. The van der Waals surface area contributed by atoms with Crippen LogP contribution in [0.25, 0.3) is 0 Å². The Bertz CT molecular complexity index is 1120. The molecule has 2 aromatic carbocycles. The summed E-state index contributed by atoms with van der Waals surface area (Å²) in [6, 6.07) is 13.8. The summed E-state index contributed by atoms with van der Waals surface area (Å²) in [5, 5.41) is 1.04. The summed E-state index contributed by atoms with van der Waals surface area (Å²) >= 11 is 12.5. The highest BCUT2D eigenvalue weighted by atomic mass is 35.5. The van der Waals surface area contributed by atoms with E-state index < -0.39 is 5.60 Å². The van der Waals surface area contributed by atoms with Crippen LogP contribution >= 0.6 is 23.2 Å². The van der Waals surface area contributed by atoms with E-state index in [1.165, 1.54) is 5.56 Å². The molecule has 0 radical (unpaired) electrons. The zero-order valence-corrected chi connectivity index (χ0v) is 23.2. The number of carbonyl (C=O) groups is 2. The standard InChI is InChI=1S/C29H36Cl2N2O3/c1-28(2,3)36-27(35)32(4)19-21(20-9-10-24(30)25(31)17-20)11-14-33-15-12-29(13-16-33)18-26(34)22-7-5-6-8-23(22)29/h5-10,17,21H,11-16,18-19H2,1-4H3. The molecule has 0 saturated carbocycles. The van der Waals surface area contributed by atoms with Crippen LogP contribution in [-0.2, 0) is 10.2 Å². The molecule has 1 heterocycles. The Morgan fingerprint density at radius 2 is 1.81 bits per heavy atom. The molecule has 1 aliphatic carbocycles. The lowest BCUT2D eigenvalue weighted by molar-refractivity contribution is 0.0284. The summed E-state index contributed by atoms with van der Waals surface area (Å²) in [4.78, 5) is 29.4. The average molecular weight is 532 g/mol. The molecule has 1 spiro atoms. The third kappa shape index (κ3) is 6.07. The summed E-state index contributed by atoms with van der Waals surface area (Å²) in [5.74, 6) is 0.367. The van der Waals surface area contributed by atoms with Crippen LogP contribution in [0.3, 0.4) is 0 Å². The first-order valence-electron chi connectivity index (χ1n) is 12.7. The molecule has 1 amide bonds. The van der Waals surface area contributed by atoms with Gasteiger partial charge in [0, 0.05) is 36.9 Å². The fraction of sp³-hybridized carbons (Fsp3) is 0.517. The van der Waals surface area contributed by atoms with Gasteiger partial charge < -0.3 is 14.5 Å². The number of ether oxygens (including phenoxy) is 1. The number of ketones is 1. The van der Waals surface area contributed by atoms with Crippen molar-refractivity contribution in [2.75, 3.05) is 33.2 Å². The normalized spacial score (nSPS) is 18.2. The van der Waals surface area contributed by atoms with Crippen LogP contribution in [0.15, 0.2) is 42.5 Å². The number of likely N-dealkylation sites (tertiary alicyclic amines) is 1. The predicted molar refractivity (Wildman–Crippen MR) is 145 cm³/mol. The fourth-order valence-corrected chi connectivity index (χ4v) is 5.86. The van der Waals surface area contributed by atoms with Crippen LogP contribution in [0.5, 0.6) is 0 Å². The van der Waals surface area contributed by atoms with Crippen molar-refractivity contribution < 1.29 is 14.3 Å². The highest BCUT2D eigenvalue weighted by Gasteiger charge is 2.44. The molecule has 7 heteroatoms. The first kappa shape index (κ1) is 27.0. The SMILES string of the molecule is CN(CC(CCN1CCC2(CC1)CC(=O)c1ccccc12)c1ccc(Cl)c(Cl)c1)C(=O)OC(C)(C)C. The Kier molecular flexibility index (Phi) is 8.04. The maximum absolute atomic E-state index is 12.6. The summed E-state index contributed by atoms with van der Waals surface area (Å²) in [7, 11) is 1.78. The second kappa shape index (κ2) is 10.7. The minimum Gasteiger partial charge on any atom is -0.444 e.